The molecule has 0 unspecified atom stereocenters. The summed E-state index contributed by atoms with van der Waals surface area (Å²) in [5.74, 6) is 0. The van der Waals surface area contributed by atoms with E-state index in [0.29, 0.717) is 0 Å². The summed E-state index contributed by atoms with van der Waals surface area (Å²) < 4.78 is 16.9. The van der Waals surface area contributed by atoms with Gasteiger partial charge in [0.15, 0.2) is 0 Å². The Hall–Kier alpha value is -6.92. The highest BCUT2D eigenvalue weighted by Crippen LogP contribution is 2.49. The zero-order chi connectivity index (χ0) is 37.2. The lowest BCUT2D eigenvalue weighted by atomic mass is 9.94. The molecule has 0 amide bonds. The van der Waals surface area contributed by atoms with E-state index in [1.807, 2.05) is 22.7 Å². The summed E-state index contributed by atoms with van der Waals surface area (Å²) in [7, 11) is 0. The van der Waals surface area contributed by atoms with Gasteiger partial charge in [-0.25, -0.2) is 0 Å². The van der Waals surface area contributed by atoms with E-state index in [-0.39, 0.29) is 0 Å². The predicted molar refractivity (Wildman–Crippen MR) is 244 cm³/mol. The van der Waals surface area contributed by atoms with E-state index in [4.69, 9.17) is 4.42 Å². The van der Waals surface area contributed by atoms with Crippen LogP contribution >= 0.6 is 22.7 Å². The largest absolute Gasteiger partial charge is 0.455 e. The Balaban J connectivity index is 1.05. The summed E-state index contributed by atoms with van der Waals surface area (Å²) in [6.45, 7) is 0. The molecule has 57 heavy (non-hydrogen) atoms. The summed E-state index contributed by atoms with van der Waals surface area (Å²) in [4.78, 5) is 0. The second-order valence-electron chi connectivity index (χ2n) is 14.8. The van der Waals surface area contributed by atoms with Crippen LogP contribution in [0.1, 0.15) is 0 Å². The number of hydrogen-bond acceptors (Lipinski definition) is 3. The molecule has 5 heteroatoms. The zero-order valence-electron chi connectivity index (χ0n) is 30.4. The number of fused-ring (bicyclic) bond motifs is 13. The molecule has 3 nitrogen and oxygen atoms in total. The number of nitrogens with zero attached hydrogens (tertiary/aromatic N) is 2. The van der Waals surface area contributed by atoms with Crippen molar-refractivity contribution in [1.29, 1.82) is 0 Å². The molecule has 0 bridgehead atoms. The molecule has 0 fully saturated rings. The van der Waals surface area contributed by atoms with Crippen LogP contribution in [0, 0.1) is 0 Å². The van der Waals surface area contributed by atoms with E-state index in [2.05, 4.69) is 191 Å². The summed E-state index contributed by atoms with van der Waals surface area (Å²) in [6, 6.07) is 65.9. The molecule has 0 saturated heterocycles. The van der Waals surface area contributed by atoms with Crippen LogP contribution in [0.5, 0.6) is 0 Å². The van der Waals surface area contributed by atoms with E-state index in [9.17, 15) is 0 Å². The second kappa shape index (κ2) is 11.8. The first kappa shape index (κ1) is 31.3. The van der Waals surface area contributed by atoms with Crippen molar-refractivity contribution in [2.24, 2.45) is 0 Å². The third-order valence-electron chi connectivity index (χ3n) is 11.7. The van der Waals surface area contributed by atoms with Crippen LogP contribution in [-0.4, -0.2) is 9.13 Å². The maximum absolute atomic E-state index is 6.90. The van der Waals surface area contributed by atoms with Gasteiger partial charge in [0.1, 0.15) is 11.2 Å². The van der Waals surface area contributed by atoms with Crippen LogP contribution in [-0.2, 0) is 0 Å². The maximum atomic E-state index is 6.90. The average Bonchev–Trinajstić information content (AvgIpc) is 4.08. The van der Waals surface area contributed by atoms with Gasteiger partial charge in [-0.3, -0.25) is 0 Å². The smallest absolute Gasteiger partial charge is 0.143 e. The summed E-state index contributed by atoms with van der Waals surface area (Å²) in [5.41, 5.74) is 13.8. The highest BCUT2D eigenvalue weighted by molar-refractivity contribution is 7.27. The van der Waals surface area contributed by atoms with Crippen molar-refractivity contribution in [2.45, 2.75) is 0 Å². The van der Waals surface area contributed by atoms with Gasteiger partial charge in [0.2, 0.25) is 0 Å². The Morgan fingerprint density at radius 2 is 0.965 bits per heavy atom. The molecule has 266 valence electrons. The molecule has 0 aliphatic carbocycles. The Labute approximate surface area is 334 Å². The SMILES string of the molecule is c1ccc(-n2c3ccccc3c3sc4cc(-c5ccc(-c6cccc7c6sc6c8ccccc8n(-c8ccccc8)c76)c6oc7ccccc7c56)ccc4c32)cc1. The number of furan rings is 1. The van der Waals surface area contributed by atoms with E-state index in [1.54, 1.807) is 0 Å². The zero-order valence-corrected chi connectivity index (χ0v) is 32.1. The number of hydrogen-bond donors (Lipinski definition) is 0. The Morgan fingerprint density at radius 1 is 0.386 bits per heavy atom. The van der Waals surface area contributed by atoms with Crippen LogP contribution in [0.4, 0.5) is 0 Å². The van der Waals surface area contributed by atoms with Gasteiger partial charge in [0.05, 0.1) is 31.5 Å². The van der Waals surface area contributed by atoms with E-state index >= 15 is 0 Å². The van der Waals surface area contributed by atoms with Crippen molar-refractivity contribution in [2.75, 3.05) is 0 Å². The van der Waals surface area contributed by atoms with Crippen molar-refractivity contribution in [3.05, 3.63) is 182 Å². The van der Waals surface area contributed by atoms with Gasteiger partial charge < -0.3 is 13.6 Å². The monoisotopic (exact) mass is 762 g/mol. The first-order valence-electron chi connectivity index (χ1n) is 19.3. The number of thiophene rings is 2. The van der Waals surface area contributed by atoms with Crippen molar-refractivity contribution in [3.63, 3.8) is 0 Å². The van der Waals surface area contributed by atoms with Gasteiger partial charge in [-0.1, -0.05) is 127 Å². The third kappa shape index (κ3) is 4.35. The third-order valence-corrected chi connectivity index (χ3v) is 14.2. The first-order chi connectivity index (χ1) is 28.3. The first-order valence-corrected chi connectivity index (χ1v) is 20.9. The average molecular weight is 763 g/mol. The normalized spacial score (nSPS) is 12.2. The molecule has 13 rings (SSSR count). The molecular formula is C52H30N2OS2. The van der Waals surface area contributed by atoms with E-state index in [1.165, 1.54) is 90.5 Å². The van der Waals surface area contributed by atoms with Crippen LogP contribution in [0.3, 0.4) is 0 Å². The molecule has 0 atom stereocenters. The fourth-order valence-corrected chi connectivity index (χ4v) is 11.9. The van der Waals surface area contributed by atoms with Gasteiger partial charge in [0.25, 0.3) is 0 Å². The number of para-hydroxylation sites is 5. The lowest BCUT2D eigenvalue weighted by molar-refractivity contribution is 0.670. The lowest BCUT2D eigenvalue weighted by Gasteiger charge is -2.11. The van der Waals surface area contributed by atoms with Crippen molar-refractivity contribution in [3.8, 4) is 33.6 Å². The molecule has 0 spiro atoms. The molecular weight excluding hydrogens is 733 g/mol. The van der Waals surface area contributed by atoms with Gasteiger partial charge in [-0.2, -0.15) is 0 Å². The Kier molecular flexibility index (Phi) is 6.48. The number of benzene rings is 8. The second-order valence-corrected chi connectivity index (χ2v) is 16.9. The molecule has 0 aliphatic rings. The molecule has 8 aromatic carbocycles. The molecule has 0 saturated carbocycles. The number of rotatable bonds is 4. The van der Waals surface area contributed by atoms with E-state index in [0.717, 1.165) is 27.5 Å². The minimum absolute atomic E-state index is 0.900. The van der Waals surface area contributed by atoms with Gasteiger partial charge in [-0.05, 0) is 65.7 Å². The molecule has 0 N–H and O–H groups in total. The van der Waals surface area contributed by atoms with Gasteiger partial charge in [0, 0.05) is 64.2 Å². The highest BCUT2D eigenvalue weighted by Gasteiger charge is 2.24. The van der Waals surface area contributed by atoms with Crippen LogP contribution in [0.25, 0.3) is 118 Å². The van der Waals surface area contributed by atoms with Crippen molar-refractivity contribution in [1.82, 2.24) is 9.13 Å². The maximum Gasteiger partial charge on any atom is 0.143 e. The molecule has 0 aliphatic heterocycles. The van der Waals surface area contributed by atoms with Crippen molar-refractivity contribution >= 4 is 107 Å². The van der Waals surface area contributed by atoms with Crippen LogP contribution in [0.15, 0.2) is 186 Å². The van der Waals surface area contributed by atoms with Gasteiger partial charge in [-0.15, -0.1) is 22.7 Å². The standard InChI is InChI=1S/C52H30N2OS2/c1-3-14-32(15-4-1)53-42-23-10-7-18-37(42)51-47(53)40-27-26-31(30-45(40)56-51)34-28-29-35(49-46(34)39-20-9-12-25-44(39)55-49)36-21-13-22-41-48-52(57-50(36)41)38-19-8-11-24-43(38)54(48)33-16-5-2-6-17-33/h1-30H. The molecule has 5 aromatic heterocycles. The molecule has 13 aromatic rings. The Morgan fingerprint density at radius 3 is 1.68 bits per heavy atom. The van der Waals surface area contributed by atoms with Gasteiger partial charge >= 0.3 is 0 Å². The summed E-state index contributed by atoms with van der Waals surface area (Å²) in [5, 5.41) is 7.37. The summed E-state index contributed by atoms with van der Waals surface area (Å²) in [6.07, 6.45) is 0. The predicted octanol–water partition coefficient (Wildman–Crippen LogP) is 15.5. The Bertz CT molecular complexity index is 3750. The molecule has 0 radical (unpaired) electrons. The topological polar surface area (TPSA) is 23.0 Å². The lowest BCUT2D eigenvalue weighted by Crippen LogP contribution is -1.93. The van der Waals surface area contributed by atoms with Crippen LogP contribution in [0.2, 0.25) is 0 Å². The quantitative estimate of drug-likeness (QED) is 0.175. The highest BCUT2D eigenvalue weighted by atomic mass is 32.1. The van der Waals surface area contributed by atoms with E-state index < -0.39 is 0 Å². The van der Waals surface area contributed by atoms with Crippen molar-refractivity contribution < 1.29 is 4.42 Å². The summed E-state index contributed by atoms with van der Waals surface area (Å²) >= 11 is 3.77. The fourth-order valence-electron chi connectivity index (χ4n) is 9.31. The fraction of sp³-hybridized carbons (Fsp3) is 0. The minimum atomic E-state index is 0.900. The molecule has 5 heterocycles. The number of aromatic nitrogens is 2. The van der Waals surface area contributed by atoms with Crippen LogP contribution < -0.4 is 0 Å². The minimum Gasteiger partial charge on any atom is -0.455 e.